The Morgan fingerprint density at radius 3 is 0.622 bits per heavy atom. The molecule has 0 aromatic carbocycles. The van der Waals surface area contributed by atoms with Gasteiger partial charge in [-0.3, -0.25) is 0 Å². The molecule has 37 heavy (non-hydrogen) atoms. The first-order valence-corrected chi connectivity index (χ1v) is 19.5. The third-order valence-corrected chi connectivity index (χ3v) is 10.0. The molecule has 0 aliphatic rings. The van der Waals surface area contributed by atoms with Gasteiger partial charge in [0.1, 0.15) is 0 Å². The van der Waals surface area contributed by atoms with Crippen LogP contribution in [0.4, 0.5) is 0 Å². The van der Waals surface area contributed by atoms with E-state index in [2.05, 4.69) is 13.8 Å². The first-order chi connectivity index (χ1) is 18.3. The number of hydrogen-bond acceptors (Lipinski definition) is 0. The van der Waals surface area contributed by atoms with Crippen LogP contribution < -0.4 is 0 Å². The van der Waals surface area contributed by atoms with Crippen molar-refractivity contribution in [3.8, 4) is 0 Å². The summed E-state index contributed by atoms with van der Waals surface area (Å²) in [4.78, 5) is 0. The first-order valence-electron chi connectivity index (χ1n) is 18.3. The molecule has 0 bridgehead atoms. The molecular formula is C36H76Si. The van der Waals surface area contributed by atoms with Crippen molar-refractivity contribution in [2.45, 2.75) is 231 Å². The Hall–Kier alpha value is 0.217. The predicted molar refractivity (Wildman–Crippen MR) is 177 cm³/mol. The number of rotatable bonds is 33. The average Bonchev–Trinajstić information content (AvgIpc) is 2.90. The summed E-state index contributed by atoms with van der Waals surface area (Å²) in [6, 6.07) is 0. The van der Waals surface area contributed by atoms with Crippen molar-refractivity contribution in [3.63, 3.8) is 0 Å². The smallest absolute Gasteiger partial charge is 0.00672 e. The van der Waals surface area contributed by atoms with E-state index in [0.717, 1.165) is 5.54 Å². The lowest BCUT2D eigenvalue weighted by Crippen LogP contribution is -1.94. The number of unbranched alkanes of at least 4 members (excludes halogenated alkanes) is 29. The molecule has 0 nitrogen and oxygen atoms in total. The Balaban J connectivity index is 3.13. The molecule has 0 heterocycles. The minimum absolute atomic E-state index is 1.11. The Kier molecular flexibility index (Phi) is 34.4. The lowest BCUT2D eigenvalue weighted by Gasteiger charge is -2.11. The quantitative estimate of drug-likeness (QED) is 0.0577. The Morgan fingerprint density at radius 1 is 0.270 bits per heavy atom. The molecular weight excluding hydrogens is 460 g/mol. The van der Waals surface area contributed by atoms with Crippen LogP contribution >= 0.6 is 0 Å². The van der Waals surface area contributed by atoms with Gasteiger partial charge in [0.05, 0.1) is 0 Å². The highest BCUT2D eigenvalue weighted by atomic mass is 28.1. The van der Waals surface area contributed by atoms with Crippen LogP contribution in [0.1, 0.15) is 226 Å². The second-order valence-corrected chi connectivity index (χ2v) is 14.6. The van der Waals surface area contributed by atoms with Gasteiger partial charge in [0.2, 0.25) is 0 Å². The van der Waals surface area contributed by atoms with Gasteiger partial charge in [0, 0.05) is 10.2 Å². The average molecular weight is 537 g/mol. The summed E-state index contributed by atoms with van der Waals surface area (Å²) in [5.74, 6) is 0. The molecule has 0 aromatic heterocycles. The molecule has 0 aromatic rings. The second kappa shape index (κ2) is 34.2. The molecule has 0 rings (SSSR count). The summed E-state index contributed by atoms with van der Waals surface area (Å²) in [7, 11) is 1.43. The lowest BCUT2D eigenvalue weighted by atomic mass is 10.0. The van der Waals surface area contributed by atoms with Crippen LogP contribution in [0.2, 0.25) is 5.54 Å². The van der Waals surface area contributed by atoms with E-state index >= 15 is 0 Å². The molecule has 0 radical (unpaired) electrons. The van der Waals surface area contributed by atoms with Gasteiger partial charge in [-0.1, -0.05) is 231 Å². The third kappa shape index (κ3) is 34.2. The fourth-order valence-electron chi connectivity index (χ4n) is 6.05. The normalized spacial score (nSPS) is 12.5. The van der Waals surface area contributed by atoms with Gasteiger partial charge in [-0.05, 0) is 0 Å². The van der Waals surface area contributed by atoms with Crippen molar-refractivity contribution in [2.24, 2.45) is 0 Å². The van der Waals surface area contributed by atoms with Gasteiger partial charge in [-0.2, -0.15) is 0 Å². The number of hydrogen-bond donors (Lipinski definition) is 0. The van der Waals surface area contributed by atoms with Crippen molar-refractivity contribution in [1.82, 2.24) is 0 Å². The van der Waals surface area contributed by atoms with Gasteiger partial charge in [0.15, 0.2) is 0 Å². The predicted octanol–water partition coefficient (Wildman–Crippen LogP) is 13.1. The fourth-order valence-corrected chi connectivity index (χ4v) is 6.87. The molecule has 1 unspecified atom stereocenters. The maximum absolute atomic E-state index is 2.31. The summed E-state index contributed by atoms with van der Waals surface area (Å²) in [6.45, 7) is 4.62. The van der Waals surface area contributed by atoms with E-state index in [1.54, 1.807) is 12.8 Å². The van der Waals surface area contributed by atoms with Gasteiger partial charge in [0.25, 0.3) is 0 Å². The molecule has 0 fully saturated rings. The minimum atomic E-state index is 1.11. The maximum Gasteiger partial charge on any atom is 0.00672 e. The van der Waals surface area contributed by atoms with Gasteiger partial charge < -0.3 is 0 Å². The van der Waals surface area contributed by atoms with E-state index in [0.29, 0.717) is 0 Å². The molecule has 1 heteroatoms. The molecule has 1 atom stereocenters. The maximum atomic E-state index is 2.31. The third-order valence-electron chi connectivity index (χ3n) is 8.85. The summed E-state index contributed by atoms with van der Waals surface area (Å²) in [5, 5.41) is 0. The lowest BCUT2D eigenvalue weighted by molar-refractivity contribution is 0.511. The monoisotopic (exact) mass is 537 g/mol. The van der Waals surface area contributed by atoms with E-state index in [4.69, 9.17) is 0 Å². The SMILES string of the molecule is CCCCCCCCCCCCCCCCCCC([SiH3])CCCCCCCCCCCCCCCCC. The molecule has 0 N–H and O–H groups in total. The van der Waals surface area contributed by atoms with Crippen molar-refractivity contribution >= 4 is 10.2 Å². The van der Waals surface area contributed by atoms with Crippen LogP contribution in [0.5, 0.6) is 0 Å². The van der Waals surface area contributed by atoms with E-state index in [9.17, 15) is 0 Å². The minimum Gasteiger partial charge on any atom is -0.0654 e. The van der Waals surface area contributed by atoms with Crippen molar-refractivity contribution < 1.29 is 0 Å². The second-order valence-electron chi connectivity index (χ2n) is 12.9. The van der Waals surface area contributed by atoms with Crippen molar-refractivity contribution in [2.75, 3.05) is 0 Å². The topological polar surface area (TPSA) is 0 Å². The molecule has 0 aliphatic heterocycles. The van der Waals surface area contributed by atoms with Crippen LogP contribution in [0.3, 0.4) is 0 Å². The Bertz CT molecular complexity index is 379. The van der Waals surface area contributed by atoms with Crippen LogP contribution in [-0.2, 0) is 0 Å². The fraction of sp³-hybridized carbons (Fsp3) is 1.00. The van der Waals surface area contributed by atoms with Crippen LogP contribution in [-0.4, -0.2) is 10.2 Å². The summed E-state index contributed by atoms with van der Waals surface area (Å²) < 4.78 is 0. The molecule has 0 saturated carbocycles. The summed E-state index contributed by atoms with van der Waals surface area (Å²) >= 11 is 0. The van der Waals surface area contributed by atoms with E-state index in [1.807, 2.05) is 0 Å². The van der Waals surface area contributed by atoms with E-state index in [1.165, 1.54) is 209 Å². The zero-order valence-corrected chi connectivity index (χ0v) is 28.9. The molecule has 0 saturated heterocycles. The van der Waals surface area contributed by atoms with Gasteiger partial charge in [-0.25, -0.2) is 0 Å². The molecule has 0 amide bonds. The summed E-state index contributed by atoms with van der Waals surface area (Å²) in [5.41, 5.74) is 1.11. The summed E-state index contributed by atoms with van der Waals surface area (Å²) in [6.07, 6.45) is 49.1. The standard InChI is InChI=1S/C36H76Si/c1-3-5-7-9-11-13-15-17-19-21-23-25-27-29-31-33-35-36(37)34-32-30-28-26-24-22-20-18-16-14-12-10-8-6-4-2/h36H,3-35H2,1-2,37H3. The molecule has 0 aliphatic carbocycles. The largest absolute Gasteiger partial charge is 0.0654 e. The van der Waals surface area contributed by atoms with Crippen LogP contribution in [0, 0.1) is 0 Å². The van der Waals surface area contributed by atoms with Crippen LogP contribution in [0.25, 0.3) is 0 Å². The highest BCUT2D eigenvalue weighted by Crippen LogP contribution is 2.21. The molecule has 224 valence electrons. The van der Waals surface area contributed by atoms with E-state index < -0.39 is 0 Å². The first kappa shape index (κ1) is 37.2. The van der Waals surface area contributed by atoms with Crippen molar-refractivity contribution in [3.05, 3.63) is 0 Å². The highest BCUT2D eigenvalue weighted by Gasteiger charge is 2.02. The Labute approximate surface area is 241 Å². The zero-order valence-electron chi connectivity index (χ0n) is 26.9. The zero-order chi connectivity index (χ0) is 26.9. The van der Waals surface area contributed by atoms with Crippen molar-refractivity contribution in [1.29, 1.82) is 0 Å². The van der Waals surface area contributed by atoms with E-state index in [-0.39, 0.29) is 0 Å². The van der Waals surface area contributed by atoms with Crippen LogP contribution in [0.15, 0.2) is 0 Å². The highest BCUT2D eigenvalue weighted by molar-refractivity contribution is 6.11. The molecule has 0 spiro atoms. The van der Waals surface area contributed by atoms with Gasteiger partial charge >= 0.3 is 0 Å². The Morgan fingerprint density at radius 2 is 0.432 bits per heavy atom. The van der Waals surface area contributed by atoms with Gasteiger partial charge in [-0.15, -0.1) is 0 Å².